The molecule has 0 aromatic carbocycles. The van der Waals surface area contributed by atoms with Gasteiger partial charge in [0, 0.05) is 44.9 Å². The molecule has 2 heterocycles. The van der Waals surface area contributed by atoms with Crippen molar-refractivity contribution >= 4 is 23.9 Å². The number of nitrogens with zero attached hydrogens (tertiary/aromatic N) is 3. The summed E-state index contributed by atoms with van der Waals surface area (Å²) in [7, 11) is 1.58. The van der Waals surface area contributed by atoms with E-state index in [1.807, 2.05) is 25.1 Å². The smallest absolute Gasteiger partial charge is 0.412 e. The van der Waals surface area contributed by atoms with Crippen LogP contribution in [-0.2, 0) is 35.0 Å². The predicted octanol–water partition coefficient (Wildman–Crippen LogP) is 2.55. The van der Waals surface area contributed by atoms with Crippen LogP contribution >= 0.6 is 0 Å². The number of amides is 2. The van der Waals surface area contributed by atoms with Gasteiger partial charge >= 0.3 is 18.0 Å². The van der Waals surface area contributed by atoms with Crippen LogP contribution in [0.1, 0.15) is 52.1 Å². The van der Waals surface area contributed by atoms with Gasteiger partial charge in [-0.05, 0) is 37.3 Å². The number of rotatable bonds is 11. The lowest BCUT2D eigenvalue weighted by Gasteiger charge is -2.29. The number of carbonyl (C=O) groups is 4. The molecule has 1 fully saturated rings. The van der Waals surface area contributed by atoms with Gasteiger partial charge in [0.15, 0.2) is 6.10 Å². The molecular formula is C24H35N3O7. The highest BCUT2D eigenvalue weighted by Gasteiger charge is 2.40. The zero-order valence-electron chi connectivity index (χ0n) is 20.4. The topological polar surface area (TPSA) is 115 Å². The van der Waals surface area contributed by atoms with Crippen LogP contribution < -0.4 is 0 Å². The van der Waals surface area contributed by atoms with Gasteiger partial charge in [-0.3, -0.25) is 14.6 Å². The summed E-state index contributed by atoms with van der Waals surface area (Å²) in [6.07, 6.45) is 2.54. The molecule has 0 aliphatic carbocycles. The van der Waals surface area contributed by atoms with E-state index in [2.05, 4.69) is 4.98 Å². The maximum Gasteiger partial charge on any atom is 0.412 e. The van der Waals surface area contributed by atoms with E-state index in [0.29, 0.717) is 38.8 Å². The Kier molecular flexibility index (Phi) is 10.8. The molecule has 188 valence electrons. The molecule has 1 saturated heterocycles. The summed E-state index contributed by atoms with van der Waals surface area (Å²) in [5.41, 5.74) is 0.847. The lowest BCUT2D eigenvalue weighted by molar-refractivity contribution is -0.168. The highest BCUT2D eigenvalue weighted by molar-refractivity contribution is 5.89. The van der Waals surface area contributed by atoms with Gasteiger partial charge in [0.25, 0.3) is 5.91 Å². The molecule has 10 nitrogen and oxygen atoms in total. The molecule has 34 heavy (non-hydrogen) atoms. The van der Waals surface area contributed by atoms with Crippen molar-refractivity contribution in [2.75, 3.05) is 26.9 Å². The van der Waals surface area contributed by atoms with Crippen LogP contribution in [0, 0.1) is 5.92 Å². The first-order valence-electron chi connectivity index (χ1n) is 11.7. The summed E-state index contributed by atoms with van der Waals surface area (Å²) in [5.74, 6) is -1.75. The molecule has 0 saturated carbocycles. The minimum atomic E-state index is -0.960. The van der Waals surface area contributed by atoms with Crippen LogP contribution in [0.25, 0.3) is 0 Å². The maximum atomic E-state index is 13.0. The fraction of sp³-hybridized carbons (Fsp3) is 0.625. The number of likely N-dealkylation sites (tertiary alicyclic amines) is 1. The number of likely N-dealkylation sites (N-methyl/N-ethyl adjacent to an activating group) is 1. The van der Waals surface area contributed by atoms with E-state index in [9.17, 15) is 19.2 Å². The minimum Gasteiger partial charge on any atom is -0.452 e. The first kappa shape index (κ1) is 27.1. The molecule has 0 radical (unpaired) electrons. The fourth-order valence-electron chi connectivity index (χ4n) is 3.58. The quantitative estimate of drug-likeness (QED) is 0.353. The summed E-state index contributed by atoms with van der Waals surface area (Å²) >= 11 is 0. The Morgan fingerprint density at radius 3 is 2.62 bits per heavy atom. The second-order valence-corrected chi connectivity index (χ2v) is 8.58. The van der Waals surface area contributed by atoms with E-state index in [1.165, 1.54) is 9.80 Å². The Hall–Kier alpha value is -3.17. The van der Waals surface area contributed by atoms with E-state index in [0.717, 1.165) is 5.69 Å². The molecule has 1 aromatic heterocycles. The Balaban J connectivity index is 1.83. The molecule has 0 N–H and O–H groups in total. The fourth-order valence-corrected chi connectivity index (χ4v) is 3.58. The lowest BCUT2D eigenvalue weighted by Crippen LogP contribution is -2.49. The van der Waals surface area contributed by atoms with Crippen molar-refractivity contribution in [3.05, 3.63) is 30.1 Å². The second kappa shape index (κ2) is 13.5. The monoisotopic (exact) mass is 477 g/mol. The van der Waals surface area contributed by atoms with Crippen LogP contribution in [0.4, 0.5) is 4.79 Å². The Morgan fingerprint density at radius 1 is 1.21 bits per heavy atom. The number of pyridine rings is 1. The second-order valence-electron chi connectivity index (χ2n) is 8.58. The van der Waals surface area contributed by atoms with Gasteiger partial charge in [-0.2, -0.15) is 0 Å². The summed E-state index contributed by atoms with van der Waals surface area (Å²) < 4.78 is 15.5. The Morgan fingerprint density at radius 2 is 1.97 bits per heavy atom. The lowest BCUT2D eigenvalue weighted by atomic mass is 10.1. The molecule has 1 aliphatic rings. The SMILES string of the molecule is CCCC(=O)O[C@H](C(=O)N1CCC[C@@H]1C(=O)OCOC(=O)N(C)CCc1ccccn1)C(C)C. The van der Waals surface area contributed by atoms with Crippen molar-refractivity contribution in [3.63, 3.8) is 0 Å². The molecule has 2 amide bonds. The number of ether oxygens (including phenoxy) is 3. The van der Waals surface area contributed by atoms with Gasteiger partial charge in [0.1, 0.15) is 6.04 Å². The van der Waals surface area contributed by atoms with Crippen LogP contribution in [0.2, 0.25) is 0 Å². The molecule has 2 rings (SSSR count). The van der Waals surface area contributed by atoms with Gasteiger partial charge in [0.2, 0.25) is 6.79 Å². The summed E-state index contributed by atoms with van der Waals surface area (Å²) in [4.78, 5) is 56.7. The van der Waals surface area contributed by atoms with Crippen molar-refractivity contribution in [2.45, 2.75) is 65.0 Å². The van der Waals surface area contributed by atoms with E-state index >= 15 is 0 Å². The third-order valence-corrected chi connectivity index (χ3v) is 5.49. The standard InChI is InChI=1S/C24H35N3O7/c1-5-9-20(28)34-21(17(2)3)22(29)27-14-8-11-19(27)23(30)32-16-33-24(31)26(4)15-12-18-10-6-7-13-25-18/h6-7,10,13,17,19,21H,5,8-9,11-12,14-16H2,1-4H3/t19-,21+/m1/s1. The largest absolute Gasteiger partial charge is 0.452 e. The van der Waals surface area contributed by atoms with E-state index < -0.39 is 42.9 Å². The van der Waals surface area contributed by atoms with Gasteiger partial charge in [0.05, 0.1) is 0 Å². The van der Waals surface area contributed by atoms with Crippen molar-refractivity contribution in [1.29, 1.82) is 0 Å². The van der Waals surface area contributed by atoms with Crippen LogP contribution in [0.15, 0.2) is 24.4 Å². The third-order valence-electron chi connectivity index (χ3n) is 5.49. The Bertz CT molecular complexity index is 831. The van der Waals surface area contributed by atoms with Crippen LogP contribution in [0.3, 0.4) is 0 Å². The Labute approximate surface area is 200 Å². The summed E-state index contributed by atoms with van der Waals surface area (Å²) in [6.45, 7) is 5.63. The number of aromatic nitrogens is 1. The average Bonchev–Trinajstić information content (AvgIpc) is 3.31. The van der Waals surface area contributed by atoms with E-state index in [1.54, 1.807) is 27.1 Å². The zero-order valence-corrected chi connectivity index (χ0v) is 20.4. The average molecular weight is 478 g/mol. The normalized spacial score (nSPS) is 16.1. The van der Waals surface area contributed by atoms with Crippen molar-refractivity contribution in [1.82, 2.24) is 14.8 Å². The van der Waals surface area contributed by atoms with Crippen LogP contribution in [0.5, 0.6) is 0 Å². The van der Waals surface area contributed by atoms with Gasteiger partial charge in [-0.1, -0.05) is 26.8 Å². The molecule has 0 spiro atoms. The maximum absolute atomic E-state index is 13.0. The van der Waals surface area contributed by atoms with E-state index in [4.69, 9.17) is 14.2 Å². The third kappa shape index (κ3) is 8.00. The zero-order chi connectivity index (χ0) is 25.1. The molecule has 0 unspecified atom stereocenters. The minimum absolute atomic E-state index is 0.226. The highest BCUT2D eigenvalue weighted by Crippen LogP contribution is 2.23. The van der Waals surface area contributed by atoms with Gasteiger partial charge in [-0.15, -0.1) is 0 Å². The first-order chi connectivity index (χ1) is 16.2. The summed E-state index contributed by atoms with van der Waals surface area (Å²) in [5, 5.41) is 0. The summed E-state index contributed by atoms with van der Waals surface area (Å²) in [6, 6.07) is 4.75. The van der Waals surface area contributed by atoms with Crippen molar-refractivity contribution < 1.29 is 33.4 Å². The van der Waals surface area contributed by atoms with Crippen LogP contribution in [-0.4, -0.2) is 77.8 Å². The molecule has 10 heteroatoms. The number of esters is 2. The van der Waals surface area contributed by atoms with Crippen molar-refractivity contribution in [3.8, 4) is 0 Å². The molecule has 0 bridgehead atoms. The van der Waals surface area contributed by atoms with Gasteiger partial charge < -0.3 is 24.0 Å². The highest BCUT2D eigenvalue weighted by atomic mass is 16.7. The predicted molar refractivity (Wildman–Crippen MR) is 122 cm³/mol. The number of hydrogen-bond acceptors (Lipinski definition) is 8. The molecule has 2 atom stereocenters. The molecule has 1 aliphatic heterocycles. The van der Waals surface area contributed by atoms with Gasteiger partial charge in [-0.25, -0.2) is 9.59 Å². The van der Waals surface area contributed by atoms with E-state index in [-0.39, 0.29) is 12.3 Å². The number of hydrogen-bond donors (Lipinski definition) is 0. The van der Waals surface area contributed by atoms with Crippen molar-refractivity contribution in [2.24, 2.45) is 5.92 Å². The molecular weight excluding hydrogens is 442 g/mol. The molecule has 1 aromatic rings. The number of carbonyl (C=O) groups excluding carboxylic acids is 4. The first-order valence-corrected chi connectivity index (χ1v) is 11.7.